The van der Waals surface area contributed by atoms with Crippen LogP contribution in [-0.4, -0.2) is 22.6 Å². The van der Waals surface area contributed by atoms with Gasteiger partial charge in [0.15, 0.2) is 5.69 Å². The molecular weight excluding hydrogens is 250 g/mol. The normalized spacial score (nSPS) is 9.86. The van der Waals surface area contributed by atoms with Gasteiger partial charge in [-0.15, -0.1) is 0 Å². The van der Waals surface area contributed by atoms with Crippen molar-refractivity contribution in [2.45, 2.75) is 6.54 Å². The fourth-order valence-electron chi connectivity index (χ4n) is 0.957. The number of carbonyl (C=O) groups excluding carboxylic acids is 1. The van der Waals surface area contributed by atoms with Gasteiger partial charge in [0.2, 0.25) is 0 Å². The van der Waals surface area contributed by atoms with Crippen LogP contribution in [0.3, 0.4) is 0 Å². The molecule has 0 bridgehead atoms. The van der Waals surface area contributed by atoms with Crippen LogP contribution in [0, 0.1) is 0 Å². The van der Waals surface area contributed by atoms with Gasteiger partial charge in [0.25, 0.3) is 0 Å². The molecular formula is C8H10BrN3O2. The number of hydrogen-bond acceptors (Lipinski definition) is 4. The summed E-state index contributed by atoms with van der Waals surface area (Å²) < 4.78 is 6.86. The Morgan fingerprint density at radius 3 is 3.00 bits per heavy atom. The van der Waals surface area contributed by atoms with E-state index in [9.17, 15) is 4.79 Å². The smallest absolute Gasteiger partial charge is 0.360 e. The van der Waals surface area contributed by atoms with E-state index in [1.54, 1.807) is 4.57 Å². The molecule has 6 heteroatoms. The fraction of sp³-hybridized carbons (Fsp3) is 0.250. The van der Waals surface area contributed by atoms with E-state index < -0.39 is 5.97 Å². The molecule has 1 aromatic rings. The average Bonchev–Trinajstić information content (AvgIpc) is 2.46. The number of rotatable bonds is 3. The zero-order chi connectivity index (χ0) is 10.7. The third kappa shape index (κ3) is 2.14. The van der Waals surface area contributed by atoms with Gasteiger partial charge >= 0.3 is 5.97 Å². The maximum Gasteiger partial charge on any atom is 0.360 e. The van der Waals surface area contributed by atoms with Crippen LogP contribution in [0.2, 0.25) is 0 Å². The van der Waals surface area contributed by atoms with Crippen molar-refractivity contribution >= 4 is 27.7 Å². The minimum Gasteiger partial charge on any atom is -0.464 e. The molecule has 0 aliphatic heterocycles. The third-order valence-electron chi connectivity index (χ3n) is 1.60. The van der Waals surface area contributed by atoms with E-state index >= 15 is 0 Å². The lowest BCUT2D eigenvalue weighted by atomic mass is 10.4. The van der Waals surface area contributed by atoms with Gasteiger partial charge < -0.3 is 15.0 Å². The van der Waals surface area contributed by atoms with Crippen LogP contribution in [0.1, 0.15) is 10.5 Å². The molecule has 2 N–H and O–H groups in total. The topological polar surface area (TPSA) is 70.1 Å². The lowest BCUT2D eigenvalue weighted by molar-refractivity contribution is 0.0596. The highest BCUT2D eigenvalue weighted by molar-refractivity contribution is 9.11. The maximum absolute atomic E-state index is 11.1. The van der Waals surface area contributed by atoms with Gasteiger partial charge in [0, 0.05) is 4.48 Å². The van der Waals surface area contributed by atoms with Crippen molar-refractivity contribution in [1.82, 2.24) is 9.55 Å². The van der Waals surface area contributed by atoms with Crippen LogP contribution in [0.25, 0.3) is 0 Å². The van der Waals surface area contributed by atoms with Crippen molar-refractivity contribution in [2.24, 2.45) is 0 Å². The van der Waals surface area contributed by atoms with Gasteiger partial charge in [-0.25, -0.2) is 9.78 Å². The molecule has 0 amide bonds. The van der Waals surface area contributed by atoms with Crippen LogP contribution in [0.5, 0.6) is 0 Å². The standard InChI is InChI=1S/C8H10BrN3O2/c1-5(9)3-12-4-11-6(7(12)10)8(13)14-2/h4H,1,3,10H2,2H3. The van der Waals surface area contributed by atoms with E-state index in [2.05, 4.69) is 32.2 Å². The number of esters is 1. The first-order valence-corrected chi connectivity index (χ1v) is 4.57. The summed E-state index contributed by atoms with van der Waals surface area (Å²) in [5.74, 6) is -0.265. The number of halogens is 1. The molecule has 0 radical (unpaired) electrons. The Labute approximate surface area is 89.7 Å². The van der Waals surface area contributed by atoms with Gasteiger partial charge in [0.1, 0.15) is 5.82 Å². The Hall–Kier alpha value is -1.30. The highest BCUT2D eigenvalue weighted by Gasteiger charge is 2.15. The first-order chi connectivity index (χ1) is 6.56. The number of allylic oxidation sites excluding steroid dienone is 1. The van der Waals surface area contributed by atoms with E-state index in [0.717, 1.165) is 4.48 Å². The highest BCUT2D eigenvalue weighted by Crippen LogP contribution is 2.14. The number of nitrogens with two attached hydrogens (primary N) is 1. The van der Waals surface area contributed by atoms with Crippen LogP contribution in [0.15, 0.2) is 17.4 Å². The second kappa shape index (κ2) is 4.28. The van der Waals surface area contributed by atoms with E-state index in [1.165, 1.54) is 13.4 Å². The number of carbonyl (C=O) groups is 1. The Kier molecular flexibility index (Phi) is 3.29. The maximum atomic E-state index is 11.1. The predicted molar refractivity (Wildman–Crippen MR) is 56.0 cm³/mol. The highest BCUT2D eigenvalue weighted by atomic mass is 79.9. The summed E-state index contributed by atoms with van der Waals surface area (Å²) in [4.78, 5) is 15.0. The van der Waals surface area contributed by atoms with E-state index in [4.69, 9.17) is 5.73 Å². The number of anilines is 1. The third-order valence-corrected chi connectivity index (χ3v) is 1.85. The quantitative estimate of drug-likeness (QED) is 0.828. The molecule has 0 aliphatic carbocycles. The SMILES string of the molecule is C=C(Br)Cn1cnc(C(=O)OC)c1N. The number of ether oxygens (including phenoxy) is 1. The molecule has 0 atom stereocenters. The van der Waals surface area contributed by atoms with Crippen LogP contribution in [-0.2, 0) is 11.3 Å². The molecule has 0 aliphatic rings. The number of nitrogens with zero attached hydrogens (tertiary/aromatic N) is 2. The van der Waals surface area contributed by atoms with Crippen molar-refractivity contribution in [1.29, 1.82) is 0 Å². The van der Waals surface area contributed by atoms with Gasteiger partial charge in [-0.05, 0) is 0 Å². The average molecular weight is 260 g/mol. The second-order valence-corrected chi connectivity index (χ2v) is 3.74. The molecule has 0 fully saturated rings. The molecule has 1 heterocycles. The van der Waals surface area contributed by atoms with Crippen molar-refractivity contribution in [3.05, 3.63) is 23.1 Å². The van der Waals surface area contributed by atoms with Gasteiger partial charge in [0.05, 0.1) is 20.0 Å². The lowest BCUT2D eigenvalue weighted by Gasteiger charge is -2.02. The summed E-state index contributed by atoms with van der Waals surface area (Å²) in [5.41, 5.74) is 5.79. The van der Waals surface area contributed by atoms with Crippen molar-refractivity contribution in [2.75, 3.05) is 12.8 Å². The molecule has 0 spiro atoms. The van der Waals surface area contributed by atoms with Crippen molar-refractivity contribution in [3.8, 4) is 0 Å². The van der Waals surface area contributed by atoms with Crippen LogP contribution in [0.4, 0.5) is 5.82 Å². The van der Waals surface area contributed by atoms with E-state index in [1.807, 2.05) is 0 Å². The first-order valence-electron chi connectivity index (χ1n) is 3.78. The van der Waals surface area contributed by atoms with Gasteiger partial charge in [-0.1, -0.05) is 22.5 Å². The number of methoxy groups -OCH3 is 1. The summed E-state index contributed by atoms with van der Waals surface area (Å²) >= 11 is 3.19. The Balaban J connectivity index is 2.96. The molecule has 5 nitrogen and oxygen atoms in total. The first kappa shape index (κ1) is 10.8. The molecule has 1 rings (SSSR count). The zero-order valence-electron chi connectivity index (χ0n) is 7.66. The van der Waals surface area contributed by atoms with Crippen LogP contribution < -0.4 is 5.73 Å². The number of imidazole rings is 1. The van der Waals surface area contributed by atoms with Crippen LogP contribution >= 0.6 is 15.9 Å². The summed E-state index contributed by atoms with van der Waals surface area (Å²) in [6.45, 7) is 4.13. The summed E-state index contributed by atoms with van der Waals surface area (Å²) in [5, 5.41) is 0. The molecule has 14 heavy (non-hydrogen) atoms. The van der Waals surface area contributed by atoms with Crippen molar-refractivity contribution in [3.63, 3.8) is 0 Å². The number of hydrogen-bond donors (Lipinski definition) is 1. The Morgan fingerprint density at radius 2 is 2.50 bits per heavy atom. The number of nitrogen functional groups attached to an aromatic ring is 1. The van der Waals surface area contributed by atoms with Gasteiger partial charge in [-0.3, -0.25) is 0 Å². The second-order valence-electron chi connectivity index (χ2n) is 2.62. The minimum atomic E-state index is -0.540. The minimum absolute atomic E-state index is 0.126. The zero-order valence-corrected chi connectivity index (χ0v) is 9.24. The molecule has 0 aromatic carbocycles. The summed E-state index contributed by atoms with van der Waals surface area (Å²) in [6.07, 6.45) is 1.47. The fourth-order valence-corrected chi connectivity index (χ4v) is 1.23. The largest absolute Gasteiger partial charge is 0.464 e. The van der Waals surface area contributed by atoms with Crippen molar-refractivity contribution < 1.29 is 9.53 Å². The number of aromatic nitrogens is 2. The lowest BCUT2D eigenvalue weighted by Crippen LogP contribution is -2.08. The summed E-state index contributed by atoms with van der Waals surface area (Å²) in [6, 6.07) is 0. The Bertz CT molecular complexity index is 373. The monoisotopic (exact) mass is 259 g/mol. The Morgan fingerprint density at radius 1 is 1.86 bits per heavy atom. The molecule has 0 saturated heterocycles. The molecule has 76 valence electrons. The molecule has 1 aromatic heterocycles. The van der Waals surface area contributed by atoms with E-state index in [0.29, 0.717) is 6.54 Å². The summed E-state index contributed by atoms with van der Waals surface area (Å²) in [7, 11) is 1.28. The van der Waals surface area contributed by atoms with E-state index in [-0.39, 0.29) is 11.5 Å². The molecule has 0 unspecified atom stereocenters. The predicted octanol–water partition coefficient (Wildman–Crippen LogP) is 1.16. The molecule has 0 saturated carbocycles. The van der Waals surface area contributed by atoms with Gasteiger partial charge in [-0.2, -0.15) is 0 Å².